The number of hydrogen-bond donors (Lipinski definition) is 2. The summed E-state index contributed by atoms with van der Waals surface area (Å²) >= 11 is 0. The van der Waals surface area contributed by atoms with E-state index in [4.69, 9.17) is 0 Å². The van der Waals surface area contributed by atoms with Crippen molar-refractivity contribution >= 4 is 22.6 Å². The first-order chi connectivity index (χ1) is 10.2. The third-order valence-corrected chi connectivity index (χ3v) is 3.36. The maximum Gasteiger partial charge on any atom is 0.131 e. The summed E-state index contributed by atoms with van der Waals surface area (Å²) in [5, 5.41) is 4.07. The molecule has 4 nitrogen and oxygen atoms in total. The van der Waals surface area contributed by atoms with Crippen molar-refractivity contribution in [1.29, 1.82) is 0 Å². The van der Waals surface area contributed by atoms with Crippen molar-refractivity contribution in [3.63, 3.8) is 0 Å². The normalized spacial score (nSPS) is 11.9. The largest absolute Gasteiger partial charge is 0.360 e. The zero-order valence-corrected chi connectivity index (χ0v) is 11.8. The van der Waals surface area contributed by atoms with E-state index in [1.54, 1.807) is 19.3 Å². The lowest BCUT2D eigenvalue weighted by Crippen LogP contribution is -2.07. The second-order valence-corrected chi connectivity index (χ2v) is 4.76. The Morgan fingerprint density at radius 2 is 2.14 bits per heavy atom. The van der Waals surface area contributed by atoms with Crippen LogP contribution in [0.5, 0.6) is 0 Å². The fourth-order valence-electron chi connectivity index (χ4n) is 2.21. The Labute approximate surface area is 121 Å². The highest BCUT2D eigenvalue weighted by atomic mass is 19.1. The van der Waals surface area contributed by atoms with E-state index in [-0.39, 0.29) is 5.82 Å². The molecule has 2 aromatic heterocycles. The number of halogens is 1. The second kappa shape index (κ2) is 5.36. The lowest BCUT2D eigenvalue weighted by molar-refractivity contribution is 0.629. The van der Waals surface area contributed by atoms with Crippen molar-refractivity contribution in [2.75, 3.05) is 12.4 Å². The van der Waals surface area contributed by atoms with Gasteiger partial charge in [-0.3, -0.25) is 4.99 Å². The van der Waals surface area contributed by atoms with E-state index < -0.39 is 0 Å². The molecule has 0 saturated heterocycles. The lowest BCUT2D eigenvalue weighted by atomic mass is 10.1. The van der Waals surface area contributed by atoms with Crippen molar-refractivity contribution in [1.82, 2.24) is 9.97 Å². The number of nitrogens with zero attached hydrogens (tertiary/aromatic N) is 2. The molecule has 3 aromatic rings. The molecule has 0 atom stereocenters. The standard InChI is InChI=1S/C16H15FN4/c1-10(18-2)21-16-6-3-11(8-20-16)14-9-19-15-7-12(17)4-5-13(14)15/h3-9,19H,1-2H3,(H,18,20,21). The molecule has 0 amide bonds. The van der Waals surface area contributed by atoms with Gasteiger partial charge in [0.25, 0.3) is 0 Å². The molecule has 0 fully saturated rings. The van der Waals surface area contributed by atoms with Gasteiger partial charge in [0.05, 0.1) is 5.84 Å². The lowest BCUT2D eigenvalue weighted by Gasteiger charge is -2.05. The van der Waals surface area contributed by atoms with Crippen molar-refractivity contribution in [2.45, 2.75) is 6.92 Å². The Hall–Kier alpha value is -2.69. The van der Waals surface area contributed by atoms with Crippen LogP contribution in [0.15, 0.2) is 47.7 Å². The minimum Gasteiger partial charge on any atom is -0.360 e. The van der Waals surface area contributed by atoms with E-state index in [2.05, 4.69) is 20.3 Å². The number of nitrogens with one attached hydrogen (secondary N) is 2. The molecule has 21 heavy (non-hydrogen) atoms. The molecule has 106 valence electrons. The van der Waals surface area contributed by atoms with Crippen molar-refractivity contribution in [3.05, 3.63) is 48.5 Å². The summed E-state index contributed by atoms with van der Waals surface area (Å²) in [6, 6.07) is 8.60. The number of aromatic nitrogens is 2. The first-order valence-electron chi connectivity index (χ1n) is 6.61. The number of rotatable bonds is 2. The molecule has 3 rings (SSSR count). The van der Waals surface area contributed by atoms with Crippen molar-refractivity contribution in [2.24, 2.45) is 4.99 Å². The summed E-state index contributed by atoms with van der Waals surface area (Å²) < 4.78 is 13.2. The highest BCUT2D eigenvalue weighted by molar-refractivity contribution is 5.96. The van der Waals surface area contributed by atoms with Crippen LogP contribution in [0.25, 0.3) is 22.0 Å². The van der Waals surface area contributed by atoms with Crippen LogP contribution >= 0.6 is 0 Å². The number of pyridine rings is 1. The maximum atomic E-state index is 13.2. The topological polar surface area (TPSA) is 53.1 Å². The summed E-state index contributed by atoms with van der Waals surface area (Å²) in [5.41, 5.74) is 2.76. The fourth-order valence-corrected chi connectivity index (χ4v) is 2.21. The quantitative estimate of drug-likeness (QED) is 0.554. The predicted molar refractivity (Wildman–Crippen MR) is 84.1 cm³/mol. The summed E-state index contributed by atoms with van der Waals surface area (Å²) in [6.45, 7) is 1.88. The zero-order valence-electron chi connectivity index (χ0n) is 11.8. The average molecular weight is 282 g/mol. The Kier molecular flexibility index (Phi) is 3.39. The van der Waals surface area contributed by atoms with E-state index in [1.807, 2.05) is 25.3 Å². The number of H-pyrrole nitrogens is 1. The molecule has 2 N–H and O–H groups in total. The van der Waals surface area contributed by atoms with Gasteiger partial charge in [0.15, 0.2) is 0 Å². The van der Waals surface area contributed by atoms with E-state index in [0.717, 1.165) is 33.7 Å². The van der Waals surface area contributed by atoms with Crippen LogP contribution in [0.4, 0.5) is 10.2 Å². The molecule has 2 heterocycles. The van der Waals surface area contributed by atoms with Crippen molar-refractivity contribution in [3.8, 4) is 11.1 Å². The van der Waals surface area contributed by atoms with Crippen LogP contribution in [0.1, 0.15) is 6.92 Å². The zero-order chi connectivity index (χ0) is 14.8. The molecule has 0 aliphatic rings. The maximum absolute atomic E-state index is 13.2. The SMILES string of the molecule is CN=C(C)Nc1ccc(-c2c[nH]c3cc(F)ccc23)cn1. The molecule has 0 spiro atoms. The predicted octanol–water partition coefficient (Wildman–Crippen LogP) is 3.83. The van der Waals surface area contributed by atoms with Crippen LogP contribution in [0.3, 0.4) is 0 Å². The first-order valence-corrected chi connectivity index (χ1v) is 6.61. The number of anilines is 1. The molecule has 0 bridgehead atoms. The summed E-state index contributed by atoms with van der Waals surface area (Å²) in [4.78, 5) is 11.5. The number of benzene rings is 1. The van der Waals surface area contributed by atoms with Gasteiger partial charge >= 0.3 is 0 Å². The summed E-state index contributed by atoms with van der Waals surface area (Å²) in [5.74, 6) is 1.30. The minimum atomic E-state index is -0.247. The molecular formula is C16H15FN4. The number of aromatic amines is 1. The molecule has 0 radical (unpaired) electrons. The Bertz CT molecular complexity index is 803. The van der Waals surface area contributed by atoms with Crippen LogP contribution < -0.4 is 5.32 Å². The van der Waals surface area contributed by atoms with Crippen LogP contribution in [-0.4, -0.2) is 22.9 Å². The number of fused-ring (bicyclic) bond motifs is 1. The summed E-state index contributed by atoms with van der Waals surface area (Å²) in [6.07, 6.45) is 3.66. The molecular weight excluding hydrogens is 267 g/mol. The van der Waals surface area contributed by atoms with Crippen LogP contribution in [0, 0.1) is 5.82 Å². The average Bonchev–Trinajstić information content (AvgIpc) is 2.90. The third-order valence-electron chi connectivity index (χ3n) is 3.36. The fraction of sp³-hybridized carbons (Fsp3) is 0.125. The van der Waals surface area contributed by atoms with Crippen molar-refractivity contribution < 1.29 is 4.39 Å². The van der Waals surface area contributed by atoms with Gasteiger partial charge in [-0.15, -0.1) is 0 Å². The van der Waals surface area contributed by atoms with Gasteiger partial charge in [0.2, 0.25) is 0 Å². The Morgan fingerprint density at radius 3 is 2.86 bits per heavy atom. The monoisotopic (exact) mass is 282 g/mol. The number of aliphatic imine (C=N–C) groups is 1. The van der Waals surface area contributed by atoms with Crippen LogP contribution in [0.2, 0.25) is 0 Å². The van der Waals surface area contributed by atoms with E-state index in [1.165, 1.54) is 12.1 Å². The van der Waals surface area contributed by atoms with Gasteiger partial charge in [-0.2, -0.15) is 0 Å². The van der Waals surface area contributed by atoms with Crippen LogP contribution in [-0.2, 0) is 0 Å². The van der Waals surface area contributed by atoms with E-state index in [0.29, 0.717) is 0 Å². The first kappa shape index (κ1) is 13.3. The highest BCUT2D eigenvalue weighted by Crippen LogP contribution is 2.28. The molecule has 0 aliphatic carbocycles. The molecule has 5 heteroatoms. The van der Waals surface area contributed by atoms with E-state index >= 15 is 0 Å². The van der Waals surface area contributed by atoms with Gasteiger partial charge in [-0.05, 0) is 37.3 Å². The third kappa shape index (κ3) is 2.63. The molecule has 1 aromatic carbocycles. The van der Waals surface area contributed by atoms with Gasteiger partial charge in [-0.1, -0.05) is 0 Å². The van der Waals surface area contributed by atoms with Gasteiger partial charge < -0.3 is 10.3 Å². The molecule has 0 unspecified atom stereocenters. The van der Waals surface area contributed by atoms with E-state index in [9.17, 15) is 4.39 Å². The molecule has 0 aliphatic heterocycles. The summed E-state index contributed by atoms with van der Waals surface area (Å²) in [7, 11) is 1.72. The Morgan fingerprint density at radius 1 is 1.29 bits per heavy atom. The smallest absolute Gasteiger partial charge is 0.131 e. The second-order valence-electron chi connectivity index (χ2n) is 4.76. The number of hydrogen-bond acceptors (Lipinski definition) is 2. The molecule has 0 saturated carbocycles. The highest BCUT2D eigenvalue weighted by Gasteiger charge is 2.07. The Balaban J connectivity index is 1.96. The van der Waals surface area contributed by atoms with Gasteiger partial charge in [0, 0.05) is 41.5 Å². The number of amidine groups is 1. The van der Waals surface area contributed by atoms with Gasteiger partial charge in [0.1, 0.15) is 11.6 Å². The van der Waals surface area contributed by atoms with Gasteiger partial charge in [-0.25, -0.2) is 9.37 Å². The minimum absolute atomic E-state index is 0.247.